The highest BCUT2D eigenvalue weighted by molar-refractivity contribution is 14.1. The van der Waals surface area contributed by atoms with Gasteiger partial charge in [0.15, 0.2) is 0 Å². The number of rotatable bonds is 3. The molecule has 0 heterocycles. The summed E-state index contributed by atoms with van der Waals surface area (Å²) in [4.78, 5) is 20.3. The molecule has 0 aromatic heterocycles. The molecule has 2 N–H and O–H groups in total. The zero-order valence-corrected chi connectivity index (χ0v) is 8.94. The van der Waals surface area contributed by atoms with E-state index in [4.69, 9.17) is 10.2 Å². The van der Waals surface area contributed by atoms with E-state index >= 15 is 0 Å². The van der Waals surface area contributed by atoms with Gasteiger partial charge in [-0.05, 0) is 0 Å². The van der Waals surface area contributed by atoms with Crippen LogP contribution in [0.1, 0.15) is 0 Å². The van der Waals surface area contributed by atoms with Crippen LogP contribution < -0.4 is 0 Å². The van der Waals surface area contributed by atoms with E-state index in [1.165, 1.54) is 0 Å². The predicted octanol–water partition coefficient (Wildman–Crippen LogP) is 0.763. The summed E-state index contributed by atoms with van der Waals surface area (Å²) in [5, 5.41) is 16.7. The Morgan fingerprint density at radius 1 is 1.00 bits per heavy atom. The second-order valence-electron chi connectivity index (χ2n) is 1.48. The van der Waals surface area contributed by atoms with Gasteiger partial charge < -0.3 is 10.2 Å². The van der Waals surface area contributed by atoms with Crippen molar-refractivity contribution in [2.24, 2.45) is 0 Å². The van der Waals surface area contributed by atoms with Gasteiger partial charge in [0.1, 0.15) is 7.85 Å². The first kappa shape index (κ1) is 10.4. The largest absolute Gasteiger partial charge is 0.480 e. The van der Waals surface area contributed by atoms with Gasteiger partial charge >= 0.3 is 11.9 Å². The van der Waals surface area contributed by atoms with Crippen LogP contribution in [0.5, 0.6) is 0 Å². The lowest BCUT2D eigenvalue weighted by Crippen LogP contribution is -2.30. The van der Waals surface area contributed by atoms with E-state index in [1.807, 2.05) is 0 Å². The van der Waals surface area contributed by atoms with Crippen molar-refractivity contribution in [3.63, 3.8) is 0 Å². The summed E-state index contributed by atoms with van der Waals surface area (Å²) in [5.41, 5.74) is 0. The number of aliphatic carboxylic acids is 2. The first-order valence-electron chi connectivity index (χ1n) is 2.20. The molecule has 0 saturated heterocycles. The third kappa shape index (κ3) is 2.99. The fourth-order valence-electron chi connectivity index (χ4n) is 0.250. The van der Waals surface area contributed by atoms with E-state index in [0.717, 1.165) is 0 Å². The quantitative estimate of drug-likeness (QED) is 0.569. The molecule has 0 aliphatic heterocycles. The highest BCUT2D eigenvalue weighted by Gasteiger charge is 2.28. The van der Waals surface area contributed by atoms with E-state index in [2.05, 4.69) is 0 Å². The van der Waals surface area contributed by atoms with Crippen LogP contribution in [0, 0.1) is 0 Å². The van der Waals surface area contributed by atoms with Crippen molar-refractivity contribution < 1.29 is 19.8 Å². The fraction of sp³-hybridized carbons (Fsp3) is 0.500. The lowest BCUT2D eigenvalue weighted by Gasteiger charge is -2.06. The number of hydrogen-bond donors (Lipinski definition) is 2. The van der Waals surface area contributed by atoms with Crippen LogP contribution in [0.3, 0.4) is 0 Å². The normalized spacial score (nSPS) is 15.8. The van der Waals surface area contributed by atoms with E-state index in [1.54, 1.807) is 45.2 Å². The number of carboxylic acid groups (broad SMARTS) is 2. The Bertz CT molecular complexity index is 139. The minimum Gasteiger partial charge on any atom is -0.480 e. The first-order chi connectivity index (χ1) is 4.46. The van der Waals surface area contributed by atoms with Crippen LogP contribution in [0.25, 0.3) is 0 Å². The Morgan fingerprint density at radius 3 is 1.30 bits per heavy atom. The summed E-state index contributed by atoms with van der Waals surface area (Å²) in [7, 11) is 0. The average molecular weight is 370 g/mol. The molecule has 0 aromatic carbocycles. The third-order valence-corrected chi connectivity index (χ3v) is 4.61. The molecule has 0 amide bonds. The van der Waals surface area contributed by atoms with Gasteiger partial charge in [-0.25, -0.2) is 0 Å². The molecule has 0 saturated carbocycles. The van der Waals surface area contributed by atoms with E-state index in [9.17, 15) is 9.59 Å². The van der Waals surface area contributed by atoms with Gasteiger partial charge in [0, 0.05) is 0 Å². The lowest BCUT2D eigenvalue weighted by molar-refractivity contribution is -0.141. The Hall–Kier alpha value is 0.400. The number of carboxylic acids is 2. The summed E-state index contributed by atoms with van der Waals surface area (Å²) >= 11 is 3.17. The summed E-state index contributed by atoms with van der Waals surface area (Å²) in [6.45, 7) is 0. The zero-order chi connectivity index (χ0) is 8.31. The molecular weight excluding hydrogens is 366 g/mol. The number of hydrogen-bond acceptors (Lipinski definition) is 2. The standard InChI is InChI=1S/C4H4I2O4/c5-1(3(7)8)2(6)4(9)10/h1-2H,(H,7,8)(H,9,10). The van der Waals surface area contributed by atoms with Crippen LogP contribution in [0.15, 0.2) is 0 Å². The smallest absolute Gasteiger partial charge is 0.318 e. The Labute approximate surface area is 84.3 Å². The van der Waals surface area contributed by atoms with Crippen molar-refractivity contribution in [3.05, 3.63) is 0 Å². The molecule has 0 spiro atoms. The molecule has 2 unspecified atom stereocenters. The first-order valence-corrected chi connectivity index (χ1v) is 4.69. The molecule has 58 valence electrons. The van der Waals surface area contributed by atoms with E-state index in [0.29, 0.717) is 0 Å². The summed E-state index contributed by atoms with van der Waals surface area (Å²) in [6, 6.07) is 0. The van der Waals surface area contributed by atoms with Gasteiger partial charge in [-0.15, -0.1) is 0 Å². The number of carbonyl (C=O) groups is 2. The molecule has 10 heavy (non-hydrogen) atoms. The van der Waals surface area contributed by atoms with Crippen molar-refractivity contribution in [2.45, 2.75) is 7.85 Å². The molecule has 0 fully saturated rings. The van der Waals surface area contributed by atoms with Gasteiger partial charge in [0.2, 0.25) is 0 Å². The van der Waals surface area contributed by atoms with Crippen molar-refractivity contribution in [1.82, 2.24) is 0 Å². The molecule has 0 rings (SSSR count). The van der Waals surface area contributed by atoms with E-state index in [-0.39, 0.29) is 0 Å². The van der Waals surface area contributed by atoms with Gasteiger partial charge in [0.05, 0.1) is 0 Å². The molecule has 0 aliphatic carbocycles. The third-order valence-electron chi connectivity index (χ3n) is 0.729. The number of halogens is 2. The van der Waals surface area contributed by atoms with Crippen molar-refractivity contribution in [2.75, 3.05) is 0 Å². The molecule has 2 atom stereocenters. The summed E-state index contributed by atoms with van der Waals surface area (Å²) < 4.78 is -1.73. The molecule has 0 aliphatic rings. The SMILES string of the molecule is O=C(O)C(I)C(I)C(=O)O. The van der Waals surface area contributed by atoms with Gasteiger partial charge in [-0.1, -0.05) is 45.2 Å². The monoisotopic (exact) mass is 370 g/mol. The average Bonchev–Trinajstić information content (AvgIpc) is 1.84. The predicted molar refractivity (Wildman–Crippen MR) is 50.9 cm³/mol. The van der Waals surface area contributed by atoms with Crippen molar-refractivity contribution in [1.29, 1.82) is 0 Å². The Morgan fingerprint density at radius 2 is 1.20 bits per heavy atom. The molecule has 4 nitrogen and oxygen atoms in total. The zero-order valence-electron chi connectivity index (χ0n) is 4.62. The molecule has 0 bridgehead atoms. The van der Waals surface area contributed by atoms with E-state index < -0.39 is 19.8 Å². The molecular formula is C4H4I2O4. The van der Waals surface area contributed by atoms with Crippen LogP contribution in [-0.4, -0.2) is 30.0 Å². The van der Waals surface area contributed by atoms with Crippen molar-refractivity contribution in [3.8, 4) is 0 Å². The molecule has 6 heteroatoms. The number of alkyl halides is 2. The van der Waals surface area contributed by atoms with Gasteiger partial charge in [-0.3, -0.25) is 9.59 Å². The van der Waals surface area contributed by atoms with Crippen LogP contribution in [0.4, 0.5) is 0 Å². The minimum absolute atomic E-state index is 0.865. The lowest BCUT2D eigenvalue weighted by atomic mass is 10.3. The highest BCUT2D eigenvalue weighted by Crippen LogP contribution is 2.15. The molecule has 0 aromatic rings. The molecule has 0 radical (unpaired) electrons. The maximum atomic E-state index is 10.2. The second kappa shape index (κ2) is 4.31. The van der Waals surface area contributed by atoms with Crippen LogP contribution in [-0.2, 0) is 9.59 Å². The maximum absolute atomic E-state index is 10.2. The van der Waals surface area contributed by atoms with Crippen molar-refractivity contribution >= 4 is 57.1 Å². The highest BCUT2D eigenvalue weighted by atomic mass is 127. The Kier molecular flexibility index (Phi) is 4.49. The second-order valence-corrected chi connectivity index (χ2v) is 4.16. The van der Waals surface area contributed by atoms with Gasteiger partial charge in [-0.2, -0.15) is 0 Å². The topological polar surface area (TPSA) is 74.6 Å². The maximum Gasteiger partial charge on any atom is 0.318 e. The minimum atomic E-state index is -1.10. The van der Waals surface area contributed by atoms with Crippen LogP contribution >= 0.6 is 45.2 Å². The summed E-state index contributed by atoms with van der Waals surface area (Å²) in [5.74, 6) is -2.19. The fourth-order valence-corrected chi connectivity index (χ4v) is 0.866. The Balaban J connectivity index is 4.07. The van der Waals surface area contributed by atoms with Gasteiger partial charge in [0.25, 0.3) is 0 Å². The summed E-state index contributed by atoms with van der Waals surface area (Å²) in [6.07, 6.45) is 0. The van der Waals surface area contributed by atoms with Crippen LogP contribution in [0.2, 0.25) is 0 Å².